The van der Waals surface area contributed by atoms with Gasteiger partial charge in [0.2, 0.25) is 0 Å². The van der Waals surface area contributed by atoms with Crippen LogP contribution in [0, 0.1) is 0 Å². The fourth-order valence-corrected chi connectivity index (χ4v) is 1.68. The van der Waals surface area contributed by atoms with Crippen molar-refractivity contribution in [3.05, 3.63) is 35.9 Å². The molecule has 0 aliphatic heterocycles. The summed E-state index contributed by atoms with van der Waals surface area (Å²) in [5.74, 6) is 0. The van der Waals surface area contributed by atoms with E-state index in [1.54, 1.807) is 0 Å². The van der Waals surface area contributed by atoms with Gasteiger partial charge in [-0.1, -0.05) is 30.3 Å². The third kappa shape index (κ3) is 7.91. The maximum Gasteiger partial charge on any atom is 0.0205 e. The Morgan fingerprint density at radius 1 is 0.824 bits per heavy atom. The van der Waals surface area contributed by atoms with Crippen molar-refractivity contribution in [3.63, 3.8) is 0 Å². The van der Waals surface area contributed by atoms with Crippen LogP contribution in [0.2, 0.25) is 0 Å². The molecule has 0 unspecified atom stereocenters. The summed E-state index contributed by atoms with van der Waals surface area (Å²) in [6.45, 7) is 5.00. The van der Waals surface area contributed by atoms with Crippen molar-refractivity contribution in [2.24, 2.45) is 5.73 Å². The van der Waals surface area contributed by atoms with Crippen LogP contribution in [-0.4, -0.2) is 26.2 Å². The summed E-state index contributed by atoms with van der Waals surface area (Å²) in [5, 5.41) is 6.84. The van der Waals surface area contributed by atoms with Gasteiger partial charge in [0.25, 0.3) is 0 Å². The molecule has 0 saturated heterocycles. The normalized spacial score (nSPS) is 10.6. The van der Waals surface area contributed by atoms with E-state index in [-0.39, 0.29) is 0 Å². The number of benzene rings is 1. The van der Waals surface area contributed by atoms with Crippen LogP contribution in [0.5, 0.6) is 0 Å². The Hall–Kier alpha value is -0.900. The lowest BCUT2D eigenvalue weighted by Crippen LogP contribution is -2.21. The highest BCUT2D eigenvalue weighted by molar-refractivity contribution is 5.14. The zero-order chi connectivity index (χ0) is 12.2. The molecule has 1 aromatic rings. The Bertz CT molecular complexity index is 261. The van der Waals surface area contributed by atoms with Gasteiger partial charge in [-0.05, 0) is 51.0 Å². The number of nitrogens with one attached hydrogen (secondary N) is 2. The van der Waals surface area contributed by atoms with E-state index in [0.717, 1.165) is 39.1 Å². The molecule has 0 radical (unpaired) electrons. The van der Waals surface area contributed by atoms with E-state index in [9.17, 15) is 0 Å². The Morgan fingerprint density at radius 2 is 1.47 bits per heavy atom. The van der Waals surface area contributed by atoms with E-state index in [1.165, 1.54) is 18.4 Å². The van der Waals surface area contributed by atoms with E-state index < -0.39 is 0 Å². The van der Waals surface area contributed by atoms with Crippen LogP contribution in [-0.2, 0) is 6.54 Å². The van der Waals surface area contributed by atoms with Crippen LogP contribution in [0.3, 0.4) is 0 Å². The van der Waals surface area contributed by atoms with Gasteiger partial charge in [0.1, 0.15) is 0 Å². The monoisotopic (exact) mass is 235 g/mol. The van der Waals surface area contributed by atoms with E-state index >= 15 is 0 Å². The maximum absolute atomic E-state index is 5.41. The molecule has 0 heterocycles. The number of hydrogen-bond donors (Lipinski definition) is 3. The highest BCUT2D eigenvalue weighted by Gasteiger charge is 1.91. The SMILES string of the molecule is NCCCNCCCCNCc1ccccc1. The third-order valence-corrected chi connectivity index (χ3v) is 2.69. The molecule has 0 spiro atoms. The predicted molar refractivity (Wildman–Crippen MR) is 73.9 cm³/mol. The molecule has 3 nitrogen and oxygen atoms in total. The average molecular weight is 235 g/mol. The van der Waals surface area contributed by atoms with Gasteiger partial charge in [-0.25, -0.2) is 0 Å². The fraction of sp³-hybridized carbons (Fsp3) is 0.571. The van der Waals surface area contributed by atoms with Crippen molar-refractivity contribution in [1.82, 2.24) is 10.6 Å². The standard InChI is InChI=1S/C14H25N3/c15-9-6-12-16-10-4-5-11-17-13-14-7-2-1-3-8-14/h1-3,7-8,16-17H,4-6,9-13,15H2. The topological polar surface area (TPSA) is 50.1 Å². The molecule has 1 rings (SSSR count). The molecule has 0 saturated carbocycles. The number of hydrogen-bond acceptors (Lipinski definition) is 3. The molecule has 0 fully saturated rings. The fourth-order valence-electron chi connectivity index (χ4n) is 1.68. The summed E-state index contributed by atoms with van der Waals surface area (Å²) in [6.07, 6.45) is 3.53. The molecule has 0 aliphatic carbocycles. The van der Waals surface area contributed by atoms with Crippen molar-refractivity contribution < 1.29 is 0 Å². The summed E-state index contributed by atoms with van der Waals surface area (Å²) in [6, 6.07) is 10.5. The highest BCUT2D eigenvalue weighted by atomic mass is 14.9. The van der Waals surface area contributed by atoms with Gasteiger partial charge in [0.05, 0.1) is 0 Å². The minimum atomic E-state index is 0.783. The van der Waals surface area contributed by atoms with Crippen molar-refractivity contribution in [2.45, 2.75) is 25.8 Å². The second kappa shape index (κ2) is 10.3. The molecule has 3 heteroatoms. The van der Waals surface area contributed by atoms with E-state index in [0.29, 0.717) is 0 Å². The third-order valence-electron chi connectivity index (χ3n) is 2.69. The Balaban J connectivity index is 1.85. The van der Waals surface area contributed by atoms with E-state index in [4.69, 9.17) is 5.73 Å². The van der Waals surface area contributed by atoms with Crippen molar-refractivity contribution in [2.75, 3.05) is 26.2 Å². The van der Waals surface area contributed by atoms with Gasteiger partial charge in [-0.15, -0.1) is 0 Å². The van der Waals surface area contributed by atoms with Gasteiger partial charge in [0, 0.05) is 6.54 Å². The first kappa shape index (κ1) is 14.2. The number of unbranched alkanes of at least 4 members (excludes halogenated alkanes) is 1. The van der Waals surface area contributed by atoms with Gasteiger partial charge >= 0.3 is 0 Å². The van der Waals surface area contributed by atoms with Crippen LogP contribution in [0.15, 0.2) is 30.3 Å². The molecule has 0 bridgehead atoms. The van der Waals surface area contributed by atoms with Crippen LogP contribution in [0.1, 0.15) is 24.8 Å². The quantitative estimate of drug-likeness (QED) is 0.539. The van der Waals surface area contributed by atoms with Gasteiger partial charge in [-0.2, -0.15) is 0 Å². The second-order valence-electron chi connectivity index (χ2n) is 4.26. The summed E-state index contributed by atoms with van der Waals surface area (Å²) in [4.78, 5) is 0. The first-order valence-electron chi connectivity index (χ1n) is 6.59. The lowest BCUT2D eigenvalue weighted by Gasteiger charge is -2.06. The second-order valence-corrected chi connectivity index (χ2v) is 4.26. The summed E-state index contributed by atoms with van der Waals surface area (Å²) >= 11 is 0. The van der Waals surface area contributed by atoms with Crippen LogP contribution in [0.25, 0.3) is 0 Å². The minimum Gasteiger partial charge on any atom is -0.330 e. The first-order valence-corrected chi connectivity index (χ1v) is 6.59. The molecular formula is C14H25N3. The summed E-state index contributed by atoms with van der Waals surface area (Å²) < 4.78 is 0. The largest absolute Gasteiger partial charge is 0.330 e. The first-order chi connectivity index (χ1) is 8.43. The zero-order valence-corrected chi connectivity index (χ0v) is 10.6. The lowest BCUT2D eigenvalue weighted by molar-refractivity contribution is 0.575. The molecule has 1 aromatic carbocycles. The lowest BCUT2D eigenvalue weighted by atomic mass is 10.2. The van der Waals surface area contributed by atoms with Gasteiger partial charge in [-0.3, -0.25) is 0 Å². The summed E-state index contributed by atoms with van der Waals surface area (Å²) in [7, 11) is 0. The molecule has 0 atom stereocenters. The molecule has 0 aliphatic rings. The molecule has 4 N–H and O–H groups in total. The van der Waals surface area contributed by atoms with E-state index in [2.05, 4.69) is 41.0 Å². The Morgan fingerprint density at radius 3 is 2.18 bits per heavy atom. The smallest absolute Gasteiger partial charge is 0.0205 e. The molecule has 0 aromatic heterocycles. The van der Waals surface area contributed by atoms with Crippen LogP contribution < -0.4 is 16.4 Å². The zero-order valence-electron chi connectivity index (χ0n) is 10.6. The molecule has 0 amide bonds. The maximum atomic E-state index is 5.41. The Kier molecular flexibility index (Phi) is 8.55. The van der Waals surface area contributed by atoms with Gasteiger partial charge in [0.15, 0.2) is 0 Å². The predicted octanol–water partition coefficient (Wildman–Crippen LogP) is 1.49. The van der Waals surface area contributed by atoms with Gasteiger partial charge < -0.3 is 16.4 Å². The molecular weight excluding hydrogens is 210 g/mol. The van der Waals surface area contributed by atoms with Crippen molar-refractivity contribution >= 4 is 0 Å². The van der Waals surface area contributed by atoms with Crippen molar-refractivity contribution in [1.29, 1.82) is 0 Å². The minimum absolute atomic E-state index is 0.783. The Labute approximate surface area is 105 Å². The van der Waals surface area contributed by atoms with Crippen LogP contribution >= 0.6 is 0 Å². The highest BCUT2D eigenvalue weighted by Crippen LogP contribution is 1.97. The average Bonchev–Trinajstić information content (AvgIpc) is 2.38. The molecule has 96 valence electrons. The van der Waals surface area contributed by atoms with Crippen molar-refractivity contribution in [3.8, 4) is 0 Å². The van der Waals surface area contributed by atoms with E-state index in [1.807, 2.05) is 0 Å². The number of rotatable bonds is 10. The molecule has 17 heavy (non-hydrogen) atoms. The number of nitrogens with two attached hydrogens (primary N) is 1. The summed E-state index contributed by atoms with van der Waals surface area (Å²) in [5.41, 5.74) is 6.77. The van der Waals surface area contributed by atoms with Crippen LogP contribution in [0.4, 0.5) is 0 Å².